The van der Waals surface area contributed by atoms with Crippen molar-refractivity contribution in [3.8, 4) is 17.1 Å². The van der Waals surface area contributed by atoms with E-state index < -0.39 is 36.1 Å². The molecule has 0 aliphatic carbocycles. The number of rotatable bonds is 6. The molecule has 204 valence electrons. The molecule has 4 heterocycles. The van der Waals surface area contributed by atoms with Crippen molar-refractivity contribution in [1.82, 2.24) is 25.3 Å². The highest BCUT2D eigenvalue weighted by molar-refractivity contribution is 6.01. The van der Waals surface area contributed by atoms with Gasteiger partial charge in [0, 0.05) is 12.0 Å². The molecule has 39 heavy (non-hydrogen) atoms. The molecule has 0 amide bonds. The fraction of sp³-hybridized carbons (Fsp3) is 0.333. The van der Waals surface area contributed by atoms with Gasteiger partial charge in [0.1, 0.15) is 11.9 Å². The molecular formula is C24H25FN8O6. The van der Waals surface area contributed by atoms with E-state index in [2.05, 4.69) is 30.4 Å². The van der Waals surface area contributed by atoms with E-state index in [1.165, 1.54) is 25.4 Å². The number of nitrogens with zero attached hydrogens (tertiary/aromatic N) is 5. The number of ether oxygens (including phenoxy) is 2. The molecular weight excluding hydrogens is 515 g/mol. The van der Waals surface area contributed by atoms with Crippen LogP contribution >= 0.6 is 0 Å². The smallest absolute Gasteiger partial charge is 0.338 e. The zero-order valence-electron chi connectivity index (χ0n) is 20.8. The van der Waals surface area contributed by atoms with Crippen molar-refractivity contribution in [2.24, 2.45) is 5.16 Å². The monoisotopic (exact) mass is 540 g/mol. The largest absolute Gasteiger partial charge is 0.478 e. The zero-order chi connectivity index (χ0) is 27.8. The summed E-state index contributed by atoms with van der Waals surface area (Å²) < 4.78 is 24.5. The predicted molar refractivity (Wildman–Crippen MR) is 134 cm³/mol. The number of cyclic esters (lactones) is 1. The van der Waals surface area contributed by atoms with Crippen LogP contribution in [0.3, 0.4) is 0 Å². The average Bonchev–Trinajstić information content (AvgIpc) is 3.14. The van der Waals surface area contributed by atoms with Gasteiger partial charge in [-0.15, -0.1) is 0 Å². The summed E-state index contributed by atoms with van der Waals surface area (Å²) in [4.78, 5) is 34.0. The van der Waals surface area contributed by atoms with Gasteiger partial charge >= 0.3 is 5.97 Å². The first kappa shape index (κ1) is 26.0. The van der Waals surface area contributed by atoms with E-state index >= 15 is 0 Å². The number of benzene rings is 1. The number of aliphatic hydroxyl groups excluding tert-OH is 2. The van der Waals surface area contributed by atoms with Crippen molar-refractivity contribution in [2.45, 2.75) is 37.7 Å². The molecule has 2 aliphatic rings. The Morgan fingerprint density at radius 2 is 2.05 bits per heavy atom. The molecule has 1 fully saturated rings. The van der Waals surface area contributed by atoms with Crippen molar-refractivity contribution in [3.05, 3.63) is 52.7 Å². The molecule has 0 radical (unpaired) electrons. The van der Waals surface area contributed by atoms with E-state index in [1.807, 2.05) is 0 Å². The van der Waals surface area contributed by atoms with Crippen LogP contribution in [0.1, 0.15) is 28.6 Å². The Morgan fingerprint density at radius 3 is 2.77 bits per heavy atom. The number of carbonyl (C=O) groups excluding carboxylic acids is 1. The molecule has 1 saturated heterocycles. The predicted octanol–water partition coefficient (Wildman–Crippen LogP) is -0.233. The van der Waals surface area contributed by atoms with Crippen LogP contribution in [-0.2, 0) is 20.8 Å². The molecule has 1 aromatic carbocycles. The van der Waals surface area contributed by atoms with Gasteiger partial charge < -0.3 is 41.3 Å². The van der Waals surface area contributed by atoms with Crippen LogP contribution in [0.25, 0.3) is 11.3 Å². The van der Waals surface area contributed by atoms with Crippen LogP contribution in [0, 0.1) is 12.7 Å². The lowest BCUT2D eigenvalue weighted by Crippen LogP contribution is -2.38. The third-order valence-corrected chi connectivity index (χ3v) is 6.36. The second-order valence-corrected chi connectivity index (χ2v) is 8.92. The summed E-state index contributed by atoms with van der Waals surface area (Å²) in [5.74, 6) is -0.963. The summed E-state index contributed by atoms with van der Waals surface area (Å²) in [6.45, 7) is 1.40. The minimum Gasteiger partial charge on any atom is -0.478 e. The van der Waals surface area contributed by atoms with Gasteiger partial charge in [0.25, 0.3) is 5.88 Å². The molecule has 0 saturated carbocycles. The lowest BCUT2D eigenvalue weighted by atomic mass is 9.90. The summed E-state index contributed by atoms with van der Waals surface area (Å²) in [6, 6.07) is 3.72. The van der Waals surface area contributed by atoms with Gasteiger partial charge in [-0.1, -0.05) is 11.2 Å². The van der Waals surface area contributed by atoms with Crippen LogP contribution in [-0.4, -0.2) is 74.0 Å². The number of nitrogen functional groups attached to an aromatic ring is 2. The lowest BCUT2D eigenvalue weighted by molar-refractivity contribution is -0.148. The number of hydrogen-bond acceptors (Lipinski definition) is 13. The maximum Gasteiger partial charge on any atom is 0.338 e. The van der Waals surface area contributed by atoms with Crippen molar-refractivity contribution >= 4 is 23.6 Å². The molecule has 5 rings (SSSR count). The maximum atomic E-state index is 14.4. The topological polar surface area (TPSA) is 213 Å². The number of methoxy groups -OCH3 is 1. The summed E-state index contributed by atoms with van der Waals surface area (Å²) >= 11 is 0. The van der Waals surface area contributed by atoms with Crippen molar-refractivity contribution in [3.63, 3.8) is 0 Å². The highest BCUT2D eigenvalue weighted by atomic mass is 19.1. The third kappa shape index (κ3) is 4.96. The van der Waals surface area contributed by atoms with Gasteiger partial charge in [-0.2, -0.15) is 0 Å². The van der Waals surface area contributed by atoms with Crippen LogP contribution < -0.4 is 21.5 Å². The van der Waals surface area contributed by atoms with Gasteiger partial charge in [0.05, 0.1) is 42.0 Å². The Morgan fingerprint density at radius 1 is 1.26 bits per heavy atom. The number of esters is 1. The zero-order valence-corrected chi connectivity index (χ0v) is 20.8. The number of oxime groups is 1. The van der Waals surface area contributed by atoms with Crippen LogP contribution in [0.4, 0.5) is 16.2 Å². The number of aliphatic hydroxyl groups is 2. The maximum absolute atomic E-state index is 14.4. The molecule has 7 N–H and O–H groups in total. The number of carbonyl (C=O) groups is 1. The molecule has 0 spiro atoms. The second-order valence-electron chi connectivity index (χ2n) is 8.92. The Balaban J connectivity index is 1.51. The molecule has 4 unspecified atom stereocenters. The molecule has 0 bridgehead atoms. The normalized spacial score (nSPS) is 23.2. The number of amidine groups is 1. The third-order valence-electron chi connectivity index (χ3n) is 6.36. The Labute approximate surface area is 220 Å². The summed E-state index contributed by atoms with van der Waals surface area (Å²) in [5.41, 5.74) is 14.7. The van der Waals surface area contributed by atoms with E-state index in [0.29, 0.717) is 40.2 Å². The first-order valence-electron chi connectivity index (χ1n) is 11.8. The van der Waals surface area contributed by atoms with Gasteiger partial charge in [0.15, 0.2) is 30.5 Å². The molecule has 2 aromatic heterocycles. The molecule has 4 atom stereocenters. The van der Waals surface area contributed by atoms with Gasteiger partial charge in [-0.05, 0) is 24.6 Å². The van der Waals surface area contributed by atoms with E-state index in [-0.39, 0.29) is 30.1 Å². The van der Waals surface area contributed by atoms with Crippen LogP contribution in [0.15, 0.2) is 29.6 Å². The van der Waals surface area contributed by atoms with Gasteiger partial charge in [-0.3, -0.25) is 0 Å². The molecule has 15 heteroatoms. The fourth-order valence-electron chi connectivity index (χ4n) is 4.51. The van der Waals surface area contributed by atoms with Crippen molar-refractivity contribution in [1.29, 1.82) is 0 Å². The highest BCUT2D eigenvalue weighted by Gasteiger charge is 2.43. The number of anilines is 2. The van der Waals surface area contributed by atoms with Crippen LogP contribution in [0.5, 0.6) is 5.88 Å². The number of aryl methyl sites for hydroxylation is 1. The first-order chi connectivity index (χ1) is 18.7. The number of halogens is 1. The van der Waals surface area contributed by atoms with Crippen molar-refractivity contribution < 1.29 is 33.7 Å². The minimum atomic E-state index is -1.66. The fourth-order valence-corrected chi connectivity index (χ4v) is 4.51. The second kappa shape index (κ2) is 10.3. The number of fused-ring (bicyclic) bond motifs is 1. The highest BCUT2D eigenvalue weighted by Crippen LogP contribution is 2.34. The van der Waals surface area contributed by atoms with Gasteiger partial charge in [-0.25, -0.2) is 29.1 Å². The van der Waals surface area contributed by atoms with Gasteiger partial charge in [0.2, 0.25) is 5.95 Å². The van der Waals surface area contributed by atoms with Crippen LogP contribution in [0.2, 0.25) is 0 Å². The average molecular weight is 541 g/mol. The molecule has 14 nitrogen and oxygen atoms in total. The Hall–Kier alpha value is -4.63. The van der Waals surface area contributed by atoms with E-state index in [1.54, 1.807) is 13.0 Å². The minimum absolute atomic E-state index is 0.0654. The first-order valence-corrected chi connectivity index (χ1v) is 11.8. The number of nitrogens with one attached hydrogen (secondary N) is 1. The quantitative estimate of drug-likeness (QED) is 0.202. The SMILES string of the molecule is COc1nc(-c2cc(F)ccc2C2Cc3nc(N)nc(C)c3C(=NOCC3OC(=O)C(O)C3O)N2)cnc1N. The number of hydrogen-bond donors (Lipinski definition) is 5. The lowest BCUT2D eigenvalue weighted by Gasteiger charge is -2.29. The summed E-state index contributed by atoms with van der Waals surface area (Å²) in [5, 5.41) is 27.0. The van der Waals surface area contributed by atoms with Crippen molar-refractivity contribution in [2.75, 3.05) is 25.2 Å². The Bertz CT molecular complexity index is 1470. The van der Waals surface area contributed by atoms with E-state index in [0.717, 1.165) is 0 Å². The number of aromatic nitrogens is 4. The standard InChI is InChI=1S/C24H25FN8O6/c1-9-17-14(32-24(27)29-9)6-13(30-21(17)33-38-8-16-18(34)19(35)23(36)39-16)11-4-3-10(25)5-12(11)15-7-28-20(26)22(31-15)37-2/h3-5,7,13,16,18-19,34-35H,6,8H2,1-2H3,(H2,26,28)(H,30,33)(H2,27,29,32). The molecule has 2 aliphatic heterocycles. The van der Waals surface area contributed by atoms with E-state index in [9.17, 15) is 19.4 Å². The summed E-state index contributed by atoms with van der Waals surface area (Å²) in [6.07, 6.45) is -2.48. The number of nitrogens with two attached hydrogens (primary N) is 2. The summed E-state index contributed by atoms with van der Waals surface area (Å²) in [7, 11) is 1.40. The van der Waals surface area contributed by atoms with E-state index in [4.69, 9.17) is 25.8 Å². The molecule has 3 aromatic rings. The Kier molecular flexibility index (Phi) is 6.84.